The minimum atomic E-state index is -0.166. The van der Waals surface area contributed by atoms with Crippen molar-refractivity contribution in [1.82, 2.24) is 19.9 Å². The number of nitrogens with zero attached hydrogens (tertiary/aromatic N) is 3. The maximum absolute atomic E-state index is 9.13. The molecule has 0 aliphatic rings. The number of nitrogen functional groups attached to an aromatic ring is 1. The Labute approximate surface area is 103 Å². The number of anilines is 1. The summed E-state index contributed by atoms with van der Waals surface area (Å²) < 4.78 is 0. The van der Waals surface area contributed by atoms with Crippen molar-refractivity contribution >= 4 is 17.0 Å². The van der Waals surface area contributed by atoms with E-state index in [4.69, 9.17) is 10.8 Å². The maximum atomic E-state index is 9.13. The molecule has 3 aromatic heterocycles. The van der Waals surface area contributed by atoms with Crippen molar-refractivity contribution in [3.8, 4) is 11.3 Å². The van der Waals surface area contributed by atoms with Gasteiger partial charge in [-0.3, -0.25) is 0 Å². The first kappa shape index (κ1) is 10.7. The van der Waals surface area contributed by atoms with Gasteiger partial charge in [0.15, 0.2) is 0 Å². The van der Waals surface area contributed by atoms with Gasteiger partial charge in [-0.15, -0.1) is 0 Å². The van der Waals surface area contributed by atoms with E-state index in [-0.39, 0.29) is 12.6 Å². The number of hydrogen-bond donors (Lipinski definition) is 3. The van der Waals surface area contributed by atoms with Gasteiger partial charge >= 0.3 is 0 Å². The fourth-order valence-electron chi connectivity index (χ4n) is 1.90. The van der Waals surface area contributed by atoms with Crippen LogP contribution in [-0.4, -0.2) is 25.0 Å². The van der Waals surface area contributed by atoms with Gasteiger partial charge in [0.05, 0.1) is 18.0 Å². The standard InChI is InChI=1S/C12H11N5O/c13-12-16-7(6-18)4-10(17-12)9-5-15-11-8(9)2-1-3-14-11/h1-5,18H,6H2,(H,14,15)(H2,13,16,17). The summed E-state index contributed by atoms with van der Waals surface area (Å²) in [6.07, 6.45) is 3.54. The molecule has 90 valence electrons. The molecule has 4 N–H and O–H groups in total. The molecule has 0 saturated carbocycles. The van der Waals surface area contributed by atoms with E-state index in [0.29, 0.717) is 11.4 Å². The number of pyridine rings is 1. The zero-order chi connectivity index (χ0) is 12.5. The monoisotopic (exact) mass is 241 g/mol. The SMILES string of the molecule is Nc1nc(CO)cc(-c2c[nH]c3ncccc23)n1. The van der Waals surface area contributed by atoms with Gasteiger partial charge in [0.1, 0.15) is 5.65 Å². The summed E-state index contributed by atoms with van der Waals surface area (Å²) >= 11 is 0. The summed E-state index contributed by atoms with van der Waals surface area (Å²) in [6, 6.07) is 5.52. The van der Waals surface area contributed by atoms with Crippen molar-refractivity contribution in [2.75, 3.05) is 5.73 Å². The van der Waals surface area contributed by atoms with Crippen molar-refractivity contribution in [2.24, 2.45) is 0 Å². The van der Waals surface area contributed by atoms with Gasteiger partial charge in [-0.25, -0.2) is 15.0 Å². The van der Waals surface area contributed by atoms with Crippen LogP contribution in [0.1, 0.15) is 5.69 Å². The van der Waals surface area contributed by atoms with Crippen LogP contribution in [0.15, 0.2) is 30.6 Å². The second-order valence-corrected chi connectivity index (χ2v) is 3.86. The average molecular weight is 241 g/mol. The van der Waals surface area contributed by atoms with Crippen molar-refractivity contribution in [3.63, 3.8) is 0 Å². The Hall–Kier alpha value is -2.47. The van der Waals surface area contributed by atoms with E-state index in [9.17, 15) is 0 Å². The van der Waals surface area contributed by atoms with Crippen molar-refractivity contribution < 1.29 is 5.11 Å². The molecule has 0 atom stereocenters. The minimum Gasteiger partial charge on any atom is -0.390 e. The number of hydrogen-bond acceptors (Lipinski definition) is 5. The predicted octanol–water partition coefficient (Wildman–Crippen LogP) is 1.09. The largest absolute Gasteiger partial charge is 0.390 e. The van der Waals surface area contributed by atoms with Crippen molar-refractivity contribution in [2.45, 2.75) is 6.61 Å². The van der Waals surface area contributed by atoms with Crippen LogP contribution >= 0.6 is 0 Å². The Morgan fingerprint density at radius 3 is 3.06 bits per heavy atom. The Kier molecular flexibility index (Phi) is 2.42. The fourth-order valence-corrected chi connectivity index (χ4v) is 1.90. The third kappa shape index (κ3) is 1.68. The number of fused-ring (bicyclic) bond motifs is 1. The van der Waals surface area contributed by atoms with E-state index >= 15 is 0 Å². The number of nitrogens with two attached hydrogens (primary N) is 1. The number of aliphatic hydroxyl groups excluding tert-OH is 1. The second kappa shape index (κ2) is 4.08. The zero-order valence-electron chi connectivity index (χ0n) is 9.46. The molecule has 18 heavy (non-hydrogen) atoms. The second-order valence-electron chi connectivity index (χ2n) is 3.86. The van der Waals surface area contributed by atoms with Crippen molar-refractivity contribution in [1.29, 1.82) is 0 Å². The Morgan fingerprint density at radius 1 is 1.33 bits per heavy atom. The molecule has 0 fully saturated rings. The maximum Gasteiger partial charge on any atom is 0.220 e. The first-order chi connectivity index (χ1) is 8.78. The molecule has 3 rings (SSSR count). The van der Waals surface area contributed by atoms with Gasteiger partial charge in [-0.05, 0) is 18.2 Å². The molecule has 3 heterocycles. The smallest absolute Gasteiger partial charge is 0.220 e. The van der Waals surface area contributed by atoms with Crippen LogP contribution in [-0.2, 0) is 6.61 Å². The highest BCUT2D eigenvalue weighted by atomic mass is 16.3. The minimum absolute atomic E-state index is 0.148. The average Bonchev–Trinajstić information content (AvgIpc) is 2.81. The van der Waals surface area contributed by atoms with Crippen molar-refractivity contribution in [3.05, 3.63) is 36.3 Å². The van der Waals surface area contributed by atoms with Gasteiger partial charge < -0.3 is 15.8 Å². The summed E-state index contributed by atoms with van der Waals surface area (Å²) in [6.45, 7) is -0.166. The normalized spacial score (nSPS) is 10.9. The van der Waals surface area contributed by atoms with Crippen LogP contribution in [0.4, 0.5) is 5.95 Å². The van der Waals surface area contributed by atoms with E-state index in [0.717, 1.165) is 16.6 Å². The molecule has 0 bridgehead atoms. The van der Waals surface area contributed by atoms with Crippen LogP contribution < -0.4 is 5.73 Å². The molecular formula is C12H11N5O. The van der Waals surface area contributed by atoms with Crippen LogP contribution in [0.3, 0.4) is 0 Å². The van der Waals surface area contributed by atoms with Gasteiger partial charge in [0.2, 0.25) is 5.95 Å². The number of aromatic nitrogens is 4. The Morgan fingerprint density at radius 2 is 2.22 bits per heavy atom. The Bertz CT molecular complexity index is 707. The molecule has 0 spiro atoms. The molecule has 6 heteroatoms. The van der Waals surface area contributed by atoms with E-state index in [1.54, 1.807) is 12.3 Å². The van der Waals surface area contributed by atoms with E-state index in [1.165, 1.54) is 0 Å². The Balaban J connectivity index is 2.22. The molecule has 0 radical (unpaired) electrons. The van der Waals surface area contributed by atoms with Crippen LogP contribution in [0.2, 0.25) is 0 Å². The first-order valence-corrected chi connectivity index (χ1v) is 5.44. The molecule has 0 aromatic carbocycles. The lowest BCUT2D eigenvalue weighted by Crippen LogP contribution is -2.00. The number of nitrogens with one attached hydrogen (secondary N) is 1. The molecular weight excluding hydrogens is 230 g/mol. The highest BCUT2D eigenvalue weighted by molar-refractivity contribution is 5.92. The molecule has 0 aliphatic heterocycles. The van der Waals surface area contributed by atoms with Gasteiger partial charge in [0.25, 0.3) is 0 Å². The van der Waals surface area contributed by atoms with E-state index < -0.39 is 0 Å². The molecule has 0 aliphatic carbocycles. The van der Waals surface area contributed by atoms with Gasteiger partial charge in [-0.1, -0.05) is 0 Å². The summed E-state index contributed by atoms with van der Waals surface area (Å²) in [7, 11) is 0. The first-order valence-electron chi connectivity index (χ1n) is 5.44. The summed E-state index contributed by atoms with van der Waals surface area (Å²) in [4.78, 5) is 15.4. The third-order valence-electron chi connectivity index (χ3n) is 2.69. The van der Waals surface area contributed by atoms with E-state index in [1.807, 2.05) is 18.3 Å². The number of H-pyrrole nitrogens is 1. The molecule has 3 aromatic rings. The summed E-state index contributed by atoms with van der Waals surface area (Å²) in [5.41, 5.74) is 8.47. The molecule has 0 unspecified atom stereocenters. The predicted molar refractivity (Wildman–Crippen MR) is 67.5 cm³/mol. The lowest BCUT2D eigenvalue weighted by molar-refractivity contribution is 0.277. The lowest BCUT2D eigenvalue weighted by atomic mass is 10.1. The van der Waals surface area contributed by atoms with Crippen LogP contribution in [0.25, 0.3) is 22.3 Å². The highest BCUT2D eigenvalue weighted by Gasteiger charge is 2.10. The summed E-state index contributed by atoms with van der Waals surface area (Å²) in [5, 5.41) is 10.1. The molecule has 0 saturated heterocycles. The number of aliphatic hydroxyl groups is 1. The van der Waals surface area contributed by atoms with Gasteiger partial charge in [0, 0.05) is 23.3 Å². The van der Waals surface area contributed by atoms with Crippen LogP contribution in [0, 0.1) is 0 Å². The third-order valence-corrected chi connectivity index (χ3v) is 2.69. The zero-order valence-corrected chi connectivity index (χ0v) is 9.46. The van der Waals surface area contributed by atoms with Crippen LogP contribution in [0.5, 0.6) is 0 Å². The topological polar surface area (TPSA) is 101 Å². The quantitative estimate of drug-likeness (QED) is 0.623. The summed E-state index contributed by atoms with van der Waals surface area (Å²) in [5.74, 6) is 0.148. The number of aromatic amines is 1. The number of rotatable bonds is 2. The van der Waals surface area contributed by atoms with E-state index in [2.05, 4.69) is 19.9 Å². The molecule has 0 amide bonds. The molecule has 6 nitrogen and oxygen atoms in total. The highest BCUT2D eigenvalue weighted by Crippen LogP contribution is 2.26. The fraction of sp³-hybridized carbons (Fsp3) is 0.0833. The van der Waals surface area contributed by atoms with Gasteiger partial charge in [-0.2, -0.15) is 0 Å². The lowest BCUT2D eigenvalue weighted by Gasteiger charge is -2.02.